The van der Waals surface area contributed by atoms with E-state index in [1.807, 2.05) is 12.1 Å². The summed E-state index contributed by atoms with van der Waals surface area (Å²) in [6.45, 7) is -0.199. The van der Waals surface area contributed by atoms with E-state index in [-0.39, 0.29) is 24.0 Å². The van der Waals surface area contributed by atoms with Crippen LogP contribution < -0.4 is 16.2 Å². The van der Waals surface area contributed by atoms with Crippen LogP contribution in [0.1, 0.15) is 10.4 Å². The van der Waals surface area contributed by atoms with E-state index >= 15 is 0 Å². The van der Waals surface area contributed by atoms with Crippen molar-refractivity contribution < 1.29 is 9.59 Å². The SMILES string of the molecule is O=C(Cn1c(=O)c2nncn2c2ccccc21)Nc1ccc(C(=O)Nc2nccs2)cc1. The van der Waals surface area contributed by atoms with Gasteiger partial charge in [-0.1, -0.05) is 12.1 Å². The fraction of sp³-hybridized carbons (Fsp3) is 0.0476. The summed E-state index contributed by atoms with van der Waals surface area (Å²) in [5.41, 5.74) is 1.97. The Bertz CT molecular complexity index is 1500. The molecule has 0 atom stereocenters. The van der Waals surface area contributed by atoms with Gasteiger partial charge in [0.15, 0.2) is 5.13 Å². The number of amides is 2. The molecule has 10 nitrogen and oxygen atoms in total. The topological polar surface area (TPSA) is 123 Å². The van der Waals surface area contributed by atoms with E-state index in [2.05, 4.69) is 25.8 Å². The lowest BCUT2D eigenvalue weighted by Crippen LogP contribution is -2.29. The van der Waals surface area contributed by atoms with Crippen LogP contribution in [-0.4, -0.2) is 36.0 Å². The molecule has 0 spiro atoms. The predicted molar refractivity (Wildman–Crippen MR) is 120 cm³/mol. The van der Waals surface area contributed by atoms with Crippen LogP contribution in [-0.2, 0) is 11.3 Å². The number of nitrogens with zero attached hydrogens (tertiary/aromatic N) is 5. The first kappa shape index (κ1) is 19.6. The summed E-state index contributed by atoms with van der Waals surface area (Å²) in [6, 6.07) is 13.7. The van der Waals surface area contributed by atoms with Gasteiger partial charge in [0.1, 0.15) is 12.9 Å². The van der Waals surface area contributed by atoms with Crippen molar-refractivity contribution in [3.8, 4) is 0 Å². The lowest BCUT2D eigenvalue weighted by Gasteiger charge is -2.12. The molecular formula is C21H15N7O3S. The van der Waals surface area contributed by atoms with Crippen molar-refractivity contribution in [1.29, 1.82) is 0 Å². The van der Waals surface area contributed by atoms with Gasteiger partial charge < -0.3 is 5.32 Å². The molecule has 3 heterocycles. The summed E-state index contributed by atoms with van der Waals surface area (Å²) in [7, 11) is 0. The Kier molecular flexibility index (Phi) is 4.92. The molecule has 0 aliphatic carbocycles. The minimum absolute atomic E-state index is 0.145. The van der Waals surface area contributed by atoms with Gasteiger partial charge in [0, 0.05) is 22.8 Å². The molecule has 0 aliphatic rings. The molecule has 11 heteroatoms. The number of rotatable bonds is 5. The monoisotopic (exact) mass is 445 g/mol. The van der Waals surface area contributed by atoms with Crippen molar-refractivity contribution >= 4 is 50.7 Å². The number of carbonyl (C=O) groups excluding carboxylic acids is 2. The number of fused-ring (bicyclic) bond motifs is 3. The molecule has 32 heavy (non-hydrogen) atoms. The van der Waals surface area contributed by atoms with E-state index in [4.69, 9.17) is 0 Å². The zero-order valence-corrected chi connectivity index (χ0v) is 17.2. The smallest absolute Gasteiger partial charge is 0.297 e. The predicted octanol–water partition coefficient (Wildman–Crippen LogP) is 2.39. The highest BCUT2D eigenvalue weighted by Crippen LogP contribution is 2.16. The van der Waals surface area contributed by atoms with E-state index in [1.165, 1.54) is 22.2 Å². The zero-order chi connectivity index (χ0) is 22.1. The Labute approximate surface area is 184 Å². The Morgan fingerprint density at radius 1 is 1.00 bits per heavy atom. The number of carbonyl (C=O) groups is 2. The minimum atomic E-state index is -0.412. The number of benzene rings is 2. The first-order chi connectivity index (χ1) is 15.6. The number of aromatic nitrogens is 5. The third-order valence-corrected chi connectivity index (χ3v) is 5.49. The number of hydrogen-bond acceptors (Lipinski definition) is 7. The molecule has 5 aromatic rings. The summed E-state index contributed by atoms with van der Waals surface area (Å²) in [5, 5.41) is 15.4. The number of nitrogens with one attached hydrogen (secondary N) is 2. The lowest BCUT2D eigenvalue weighted by atomic mass is 10.2. The normalized spacial score (nSPS) is 11.0. The van der Waals surface area contributed by atoms with E-state index in [0.717, 1.165) is 5.52 Å². The molecule has 0 bridgehead atoms. The molecule has 158 valence electrons. The average molecular weight is 445 g/mol. The summed E-state index contributed by atoms with van der Waals surface area (Å²) < 4.78 is 2.96. The molecule has 0 saturated carbocycles. The van der Waals surface area contributed by atoms with Crippen LogP contribution in [0, 0.1) is 0 Å². The van der Waals surface area contributed by atoms with Crippen molar-refractivity contribution in [1.82, 2.24) is 24.1 Å². The van der Waals surface area contributed by atoms with Crippen LogP contribution in [0.2, 0.25) is 0 Å². The molecule has 0 unspecified atom stereocenters. The third-order valence-electron chi connectivity index (χ3n) is 4.80. The maximum absolute atomic E-state index is 12.9. The van der Waals surface area contributed by atoms with Gasteiger partial charge in [0.25, 0.3) is 11.5 Å². The molecule has 2 N–H and O–H groups in total. The number of anilines is 2. The molecular weight excluding hydrogens is 430 g/mol. The molecule has 0 fully saturated rings. The van der Waals surface area contributed by atoms with Crippen molar-refractivity contribution in [3.63, 3.8) is 0 Å². The third kappa shape index (κ3) is 3.61. The number of para-hydroxylation sites is 2. The van der Waals surface area contributed by atoms with Crippen LogP contribution >= 0.6 is 11.3 Å². The highest BCUT2D eigenvalue weighted by Gasteiger charge is 2.15. The van der Waals surface area contributed by atoms with Gasteiger partial charge >= 0.3 is 0 Å². The summed E-state index contributed by atoms with van der Waals surface area (Å²) >= 11 is 1.32. The number of thiazole rings is 1. The van der Waals surface area contributed by atoms with Crippen LogP contribution in [0.3, 0.4) is 0 Å². The van der Waals surface area contributed by atoms with Gasteiger partial charge in [-0.15, -0.1) is 21.5 Å². The minimum Gasteiger partial charge on any atom is -0.325 e. The fourth-order valence-corrected chi connectivity index (χ4v) is 3.87. The zero-order valence-electron chi connectivity index (χ0n) is 16.4. The Hall–Kier alpha value is -4.38. The maximum atomic E-state index is 12.9. The second kappa shape index (κ2) is 8.04. The van der Waals surface area contributed by atoms with Gasteiger partial charge in [-0.2, -0.15) is 0 Å². The molecule has 5 rings (SSSR count). The largest absolute Gasteiger partial charge is 0.325 e. The fourth-order valence-electron chi connectivity index (χ4n) is 3.34. The van der Waals surface area contributed by atoms with Crippen molar-refractivity contribution in [2.45, 2.75) is 6.54 Å². The summed E-state index contributed by atoms with van der Waals surface area (Å²) in [5.74, 6) is -0.682. The van der Waals surface area contributed by atoms with Crippen LogP contribution in [0.4, 0.5) is 10.8 Å². The Morgan fingerprint density at radius 3 is 2.53 bits per heavy atom. The molecule has 0 radical (unpaired) electrons. The van der Waals surface area contributed by atoms with Crippen molar-refractivity contribution in [3.05, 3.63) is 82.4 Å². The molecule has 0 aliphatic heterocycles. The Balaban J connectivity index is 1.35. The molecule has 3 aromatic heterocycles. The lowest BCUT2D eigenvalue weighted by molar-refractivity contribution is -0.116. The quantitative estimate of drug-likeness (QED) is 0.428. The highest BCUT2D eigenvalue weighted by atomic mass is 32.1. The second-order valence-electron chi connectivity index (χ2n) is 6.82. The van der Waals surface area contributed by atoms with Crippen molar-refractivity contribution in [2.75, 3.05) is 10.6 Å². The van der Waals surface area contributed by atoms with E-state index in [0.29, 0.717) is 21.9 Å². The maximum Gasteiger partial charge on any atom is 0.297 e. The van der Waals surface area contributed by atoms with Crippen LogP contribution in [0.15, 0.2) is 71.2 Å². The second-order valence-corrected chi connectivity index (χ2v) is 7.72. The average Bonchev–Trinajstić information content (AvgIpc) is 3.49. The van der Waals surface area contributed by atoms with E-state index in [1.54, 1.807) is 52.4 Å². The number of hydrogen-bond donors (Lipinski definition) is 2. The standard InChI is InChI=1S/C21H15N7O3S/c29-17(24-14-7-5-13(6-8-14)19(30)25-21-22-9-10-32-21)11-27-15-3-1-2-4-16(15)28-12-23-26-18(28)20(27)31/h1-10,12H,11H2,(H,24,29)(H,22,25,30). The van der Waals surface area contributed by atoms with Gasteiger partial charge in [-0.3, -0.25) is 28.7 Å². The van der Waals surface area contributed by atoms with E-state index < -0.39 is 5.56 Å². The molecule has 0 saturated heterocycles. The molecule has 2 amide bonds. The van der Waals surface area contributed by atoms with Crippen LogP contribution in [0.25, 0.3) is 16.7 Å². The van der Waals surface area contributed by atoms with Crippen LogP contribution in [0.5, 0.6) is 0 Å². The first-order valence-electron chi connectivity index (χ1n) is 9.52. The highest BCUT2D eigenvalue weighted by molar-refractivity contribution is 7.13. The first-order valence-corrected chi connectivity index (χ1v) is 10.4. The van der Waals surface area contributed by atoms with Gasteiger partial charge in [-0.25, -0.2) is 4.98 Å². The molecule has 2 aromatic carbocycles. The summed E-state index contributed by atoms with van der Waals surface area (Å²) in [4.78, 5) is 41.8. The van der Waals surface area contributed by atoms with E-state index in [9.17, 15) is 14.4 Å². The van der Waals surface area contributed by atoms with Gasteiger partial charge in [-0.05, 0) is 36.4 Å². The van der Waals surface area contributed by atoms with Gasteiger partial charge in [0.2, 0.25) is 11.6 Å². The van der Waals surface area contributed by atoms with Crippen molar-refractivity contribution in [2.24, 2.45) is 0 Å². The summed E-state index contributed by atoms with van der Waals surface area (Å²) in [6.07, 6.45) is 3.07. The Morgan fingerprint density at radius 2 is 1.78 bits per heavy atom. The van der Waals surface area contributed by atoms with Gasteiger partial charge in [0.05, 0.1) is 11.0 Å².